The zero-order chi connectivity index (χ0) is 19.9. The number of carbonyl (C=O) groups is 1. The highest BCUT2D eigenvalue weighted by atomic mass is 32.2. The number of piperidine rings is 1. The second kappa shape index (κ2) is 9.92. The second-order valence-corrected chi connectivity index (χ2v) is 8.18. The molecule has 1 N–H and O–H groups in total. The Morgan fingerprint density at radius 3 is 2.68 bits per heavy atom. The maximum Gasteiger partial charge on any atom is 0.251 e. The van der Waals surface area contributed by atoms with Crippen molar-refractivity contribution < 1.29 is 4.79 Å². The Balaban J connectivity index is 1.70. The lowest BCUT2D eigenvalue weighted by molar-refractivity contribution is 0.0956. The first-order valence-corrected chi connectivity index (χ1v) is 11.2. The summed E-state index contributed by atoms with van der Waals surface area (Å²) in [5, 5.41) is 3.66. The third-order valence-corrected chi connectivity index (χ3v) is 6.04. The monoisotopic (exact) mass is 398 g/mol. The van der Waals surface area contributed by atoms with Crippen LogP contribution in [0.3, 0.4) is 0 Å². The van der Waals surface area contributed by atoms with Gasteiger partial charge in [0.25, 0.3) is 5.91 Å². The normalized spacial score (nSPS) is 16.8. The van der Waals surface area contributed by atoms with Crippen LogP contribution in [0.2, 0.25) is 0 Å². The summed E-state index contributed by atoms with van der Waals surface area (Å²) < 4.78 is 0. The van der Waals surface area contributed by atoms with Crippen molar-refractivity contribution in [3.63, 3.8) is 0 Å². The summed E-state index contributed by atoms with van der Waals surface area (Å²) in [7, 11) is 0. The highest BCUT2D eigenvalue weighted by molar-refractivity contribution is 7.98. The van der Waals surface area contributed by atoms with E-state index in [1.807, 2.05) is 31.2 Å². The number of aromatic nitrogens is 2. The van der Waals surface area contributed by atoms with Crippen molar-refractivity contribution in [2.75, 3.05) is 18.0 Å². The molecule has 1 aliphatic rings. The molecule has 150 valence electrons. The summed E-state index contributed by atoms with van der Waals surface area (Å²) in [4.78, 5) is 23.9. The maximum absolute atomic E-state index is 11.9. The molecule has 0 spiro atoms. The summed E-state index contributed by atoms with van der Waals surface area (Å²) in [6.45, 7) is 8.06. The predicted octanol–water partition coefficient (Wildman–Crippen LogP) is 4.46. The molecule has 1 saturated heterocycles. The molecule has 5 nitrogen and oxygen atoms in total. The number of hydrogen-bond donors (Lipinski definition) is 1. The Labute approximate surface area is 172 Å². The van der Waals surface area contributed by atoms with E-state index in [0.717, 1.165) is 41.0 Å². The zero-order valence-corrected chi connectivity index (χ0v) is 17.9. The third kappa shape index (κ3) is 5.25. The molecule has 0 aliphatic carbocycles. The minimum atomic E-state index is -0.0269. The molecule has 1 aromatic heterocycles. The van der Waals surface area contributed by atoms with Crippen molar-refractivity contribution in [3.8, 4) is 0 Å². The minimum absolute atomic E-state index is 0.0269. The van der Waals surface area contributed by atoms with Crippen molar-refractivity contribution >= 4 is 23.5 Å². The molecule has 0 radical (unpaired) electrons. The van der Waals surface area contributed by atoms with Crippen LogP contribution >= 0.6 is 11.8 Å². The lowest BCUT2D eigenvalue weighted by Crippen LogP contribution is -2.38. The molecule has 1 unspecified atom stereocenters. The largest absolute Gasteiger partial charge is 0.354 e. The lowest BCUT2D eigenvalue weighted by atomic mass is 10.0. The van der Waals surface area contributed by atoms with Gasteiger partial charge < -0.3 is 10.2 Å². The van der Waals surface area contributed by atoms with Crippen LogP contribution in [-0.2, 0) is 12.2 Å². The molecule has 1 aliphatic heterocycles. The zero-order valence-electron chi connectivity index (χ0n) is 17.1. The van der Waals surface area contributed by atoms with Gasteiger partial charge in [0.05, 0.1) is 0 Å². The van der Waals surface area contributed by atoms with E-state index in [1.54, 1.807) is 11.8 Å². The Morgan fingerprint density at radius 1 is 1.21 bits per heavy atom. The molecule has 1 aromatic carbocycles. The molecule has 2 heterocycles. The fraction of sp³-hybridized carbons (Fsp3) is 0.500. The maximum atomic E-state index is 11.9. The van der Waals surface area contributed by atoms with Gasteiger partial charge in [0.1, 0.15) is 5.82 Å². The quantitative estimate of drug-likeness (QED) is 0.551. The first kappa shape index (κ1) is 20.6. The molecular weight excluding hydrogens is 368 g/mol. The van der Waals surface area contributed by atoms with Gasteiger partial charge in [-0.25, -0.2) is 9.97 Å². The number of amides is 1. The van der Waals surface area contributed by atoms with Gasteiger partial charge in [-0.15, -0.1) is 0 Å². The van der Waals surface area contributed by atoms with Crippen molar-refractivity contribution in [1.29, 1.82) is 0 Å². The van der Waals surface area contributed by atoms with Crippen molar-refractivity contribution in [2.45, 2.75) is 63.4 Å². The molecule has 0 bridgehead atoms. The molecule has 1 amide bonds. The van der Waals surface area contributed by atoms with E-state index >= 15 is 0 Å². The predicted molar refractivity (Wildman–Crippen MR) is 116 cm³/mol. The van der Waals surface area contributed by atoms with Crippen LogP contribution in [0.1, 0.15) is 61.6 Å². The molecule has 28 heavy (non-hydrogen) atoms. The number of thioether (sulfide) groups is 1. The van der Waals surface area contributed by atoms with Gasteiger partial charge in [0.15, 0.2) is 5.16 Å². The highest BCUT2D eigenvalue weighted by Crippen LogP contribution is 2.27. The molecule has 6 heteroatoms. The summed E-state index contributed by atoms with van der Waals surface area (Å²) in [6, 6.07) is 10.5. The Hall–Kier alpha value is -2.08. The van der Waals surface area contributed by atoms with E-state index in [0.29, 0.717) is 18.2 Å². The summed E-state index contributed by atoms with van der Waals surface area (Å²) >= 11 is 1.66. The van der Waals surface area contributed by atoms with Crippen LogP contribution < -0.4 is 10.2 Å². The standard InChI is InChI=1S/C22H30N4OS/c1-4-19-14-20(26-13-7-6-8-16(26)3)25-22(24-19)28-15-17-9-11-18(12-10-17)21(27)23-5-2/h9-12,14,16H,4-8,13,15H2,1-3H3,(H,23,27). The lowest BCUT2D eigenvalue weighted by Gasteiger charge is -2.34. The number of rotatable bonds is 7. The summed E-state index contributed by atoms with van der Waals surface area (Å²) in [5.74, 6) is 1.83. The molecule has 1 atom stereocenters. The van der Waals surface area contributed by atoms with Crippen molar-refractivity contribution in [2.24, 2.45) is 0 Å². The molecular formula is C22H30N4OS. The van der Waals surface area contributed by atoms with Crippen LogP contribution in [0.25, 0.3) is 0 Å². The average molecular weight is 399 g/mol. The number of nitrogens with zero attached hydrogens (tertiary/aromatic N) is 3. The van der Waals surface area contributed by atoms with E-state index < -0.39 is 0 Å². The van der Waals surface area contributed by atoms with Gasteiger partial charge in [-0.05, 0) is 57.2 Å². The fourth-order valence-corrected chi connectivity index (χ4v) is 4.28. The first-order valence-electron chi connectivity index (χ1n) is 10.2. The molecule has 1 fully saturated rings. The fourth-order valence-electron chi connectivity index (χ4n) is 3.45. The van der Waals surface area contributed by atoms with Crippen LogP contribution in [0.4, 0.5) is 5.82 Å². The average Bonchev–Trinajstić information content (AvgIpc) is 2.73. The molecule has 3 rings (SSSR count). The Bertz CT molecular complexity index is 794. The SMILES string of the molecule is CCNC(=O)c1ccc(CSc2nc(CC)cc(N3CCCCC3C)n2)cc1. The number of nitrogens with one attached hydrogen (secondary N) is 1. The summed E-state index contributed by atoms with van der Waals surface area (Å²) in [5.41, 5.74) is 2.95. The van der Waals surface area contributed by atoms with Gasteiger partial charge in [0, 0.05) is 42.2 Å². The van der Waals surface area contributed by atoms with Crippen LogP contribution in [0, 0.1) is 0 Å². The van der Waals surface area contributed by atoms with Crippen molar-refractivity contribution in [1.82, 2.24) is 15.3 Å². The molecule has 0 saturated carbocycles. The number of anilines is 1. The van der Waals surface area contributed by atoms with E-state index in [-0.39, 0.29) is 5.91 Å². The van der Waals surface area contributed by atoms with Crippen LogP contribution in [-0.4, -0.2) is 35.0 Å². The Kier molecular flexibility index (Phi) is 7.31. The van der Waals surface area contributed by atoms with Gasteiger partial charge in [-0.2, -0.15) is 0 Å². The summed E-state index contributed by atoms with van der Waals surface area (Å²) in [6.07, 6.45) is 4.67. The number of aryl methyl sites for hydroxylation is 1. The highest BCUT2D eigenvalue weighted by Gasteiger charge is 2.21. The van der Waals surface area contributed by atoms with E-state index in [9.17, 15) is 4.79 Å². The van der Waals surface area contributed by atoms with Crippen LogP contribution in [0.15, 0.2) is 35.5 Å². The van der Waals surface area contributed by atoms with Gasteiger partial charge in [-0.3, -0.25) is 4.79 Å². The van der Waals surface area contributed by atoms with Crippen LogP contribution in [0.5, 0.6) is 0 Å². The van der Waals surface area contributed by atoms with Gasteiger partial charge in [-0.1, -0.05) is 30.8 Å². The first-order chi connectivity index (χ1) is 13.6. The number of hydrogen-bond acceptors (Lipinski definition) is 5. The number of carbonyl (C=O) groups excluding carboxylic acids is 1. The van der Waals surface area contributed by atoms with Crippen molar-refractivity contribution in [3.05, 3.63) is 47.2 Å². The van der Waals surface area contributed by atoms with Gasteiger partial charge >= 0.3 is 0 Å². The minimum Gasteiger partial charge on any atom is -0.354 e. The van der Waals surface area contributed by atoms with E-state index in [2.05, 4.69) is 30.1 Å². The van der Waals surface area contributed by atoms with E-state index in [4.69, 9.17) is 9.97 Å². The topological polar surface area (TPSA) is 58.1 Å². The third-order valence-electron chi connectivity index (χ3n) is 5.13. The molecule has 2 aromatic rings. The number of benzene rings is 1. The van der Waals surface area contributed by atoms with E-state index in [1.165, 1.54) is 19.3 Å². The Morgan fingerprint density at radius 2 is 2.00 bits per heavy atom. The van der Waals surface area contributed by atoms with Gasteiger partial charge in [0.2, 0.25) is 0 Å². The second-order valence-electron chi connectivity index (χ2n) is 7.24. The smallest absolute Gasteiger partial charge is 0.251 e.